The van der Waals surface area contributed by atoms with Crippen LogP contribution in [0.1, 0.15) is 36.6 Å². The quantitative estimate of drug-likeness (QED) is 0.486. The molecule has 0 radical (unpaired) electrons. The normalized spacial score (nSPS) is 13.8. The number of imide groups is 1. The topological polar surface area (TPSA) is 83.9 Å². The molecule has 4 rings (SSSR count). The minimum atomic E-state index is -1.04. The van der Waals surface area contributed by atoms with E-state index in [4.69, 9.17) is 4.74 Å². The molecule has 1 heterocycles. The molecule has 1 atom stereocenters. The standard InChI is InChI=1S/C24H19NO5/c26-18(14-25-23(28)20-8-4-5-9-21(20)24(25)29)15-30-19-12-10-17(11-13-19)22(27)16-6-2-1-3-7-16/h1-13,18,26H,14-15H2. The Hall–Kier alpha value is -3.77. The molecule has 0 spiro atoms. The molecular formula is C24H19NO5. The smallest absolute Gasteiger partial charge is 0.261 e. The number of fused-ring (bicyclic) bond motifs is 1. The lowest BCUT2D eigenvalue weighted by atomic mass is 10.0. The summed E-state index contributed by atoms with van der Waals surface area (Å²) in [5, 5.41) is 10.3. The number of aliphatic hydroxyl groups is 1. The number of carbonyl (C=O) groups excluding carboxylic acids is 3. The van der Waals surface area contributed by atoms with Crippen molar-refractivity contribution in [3.8, 4) is 5.75 Å². The zero-order valence-corrected chi connectivity index (χ0v) is 16.0. The summed E-state index contributed by atoms with van der Waals surface area (Å²) >= 11 is 0. The van der Waals surface area contributed by atoms with Crippen molar-refractivity contribution in [2.75, 3.05) is 13.2 Å². The third-order valence-electron chi connectivity index (χ3n) is 4.87. The minimum absolute atomic E-state index is 0.0900. The molecule has 0 bridgehead atoms. The maximum atomic E-state index is 12.4. The first-order chi connectivity index (χ1) is 14.5. The minimum Gasteiger partial charge on any atom is -0.491 e. The van der Waals surface area contributed by atoms with Gasteiger partial charge in [0.25, 0.3) is 11.8 Å². The Kier molecular flexibility index (Phi) is 5.41. The molecule has 0 aromatic heterocycles. The van der Waals surface area contributed by atoms with Crippen molar-refractivity contribution in [2.24, 2.45) is 0 Å². The van der Waals surface area contributed by atoms with E-state index in [2.05, 4.69) is 0 Å². The first kappa shape index (κ1) is 19.5. The number of carbonyl (C=O) groups is 3. The third-order valence-corrected chi connectivity index (χ3v) is 4.87. The second kappa shape index (κ2) is 8.31. The Morgan fingerprint density at radius 3 is 1.93 bits per heavy atom. The van der Waals surface area contributed by atoms with Crippen LogP contribution in [0.2, 0.25) is 0 Å². The number of benzene rings is 3. The SMILES string of the molecule is O=C(c1ccccc1)c1ccc(OCC(O)CN2C(=O)c3ccccc3C2=O)cc1. The van der Waals surface area contributed by atoms with E-state index in [1.165, 1.54) is 0 Å². The lowest BCUT2D eigenvalue weighted by Crippen LogP contribution is -2.39. The van der Waals surface area contributed by atoms with Gasteiger partial charge in [-0.1, -0.05) is 42.5 Å². The molecule has 2 amide bonds. The number of β-amino-alcohol motifs (C(OH)–C–C–N with tert-alkyl or cyclic N) is 1. The van der Waals surface area contributed by atoms with Crippen LogP contribution in [0.3, 0.4) is 0 Å². The number of ether oxygens (including phenoxy) is 1. The van der Waals surface area contributed by atoms with Crippen LogP contribution >= 0.6 is 0 Å². The summed E-state index contributed by atoms with van der Waals surface area (Å²) in [5.74, 6) is -0.453. The predicted octanol–water partition coefficient (Wildman–Crippen LogP) is 2.95. The molecule has 3 aromatic rings. The van der Waals surface area contributed by atoms with Gasteiger partial charge in [0, 0.05) is 11.1 Å². The molecular weight excluding hydrogens is 382 g/mol. The van der Waals surface area contributed by atoms with Crippen molar-refractivity contribution in [1.29, 1.82) is 0 Å². The number of hydrogen-bond donors (Lipinski definition) is 1. The molecule has 6 heteroatoms. The van der Waals surface area contributed by atoms with Gasteiger partial charge in [0.1, 0.15) is 18.5 Å². The van der Waals surface area contributed by atoms with Crippen molar-refractivity contribution in [3.05, 3.63) is 101 Å². The van der Waals surface area contributed by atoms with E-state index >= 15 is 0 Å². The summed E-state index contributed by atoms with van der Waals surface area (Å²) in [7, 11) is 0. The Morgan fingerprint density at radius 1 is 0.800 bits per heavy atom. The summed E-state index contributed by atoms with van der Waals surface area (Å²) in [4.78, 5) is 38.2. The van der Waals surface area contributed by atoms with Crippen LogP contribution < -0.4 is 4.74 Å². The zero-order chi connectivity index (χ0) is 21.1. The lowest BCUT2D eigenvalue weighted by Gasteiger charge is -2.19. The van der Waals surface area contributed by atoms with Crippen LogP contribution in [-0.4, -0.2) is 46.9 Å². The lowest BCUT2D eigenvalue weighted by molar-refractivity contribution is 0.0457. The maximum absolute atomic E-state index is 12.4. The second-order valence-electron chi connectivity index (χ2n) is 6.95. The number of ketones is 1. The molecule has 1 aliphatic heterocycles. The fraction of sp³-hybridized carbons (Fsp3) is 0.125. The van der Waals surface area contributed by atoms with Gasteiger partial charge in [0.2, 0.25) is 0 Å². The molecule has 0 fully saturated rings. The summed E-state index contributed by atoms with van der Waals surface area (Å²) in [5.41, 5.74) is 1.81. The predicted molar refractivity (Wildman–Crippen MR) is 110 cm³/mol. The van der Waals surface area contributed by atoms with Gasteiger partial charge < -0.3 is 9.84 Å². The van der Waals surface area contributed by atoms with Gasteiger partial charge in [-0.05, 0) is 36.4 Å². The fourth-order valence-corrected chi connectivity index (χ4v) is 3.32. The number of amides is 2. The van der Waals surface area contributed by atoms with Gasteiger partial charge in [-0.2, -0.15) is 0 Å². The van der Waals surface area contributed by atoms with Crippen LogP contribution in [0.25, 0.3) is 0 Å². The van der Waals surface area contributed by atoms with E-state index in [0.717, 1.165) is 4.90 Å². The molecule has 1 N–H and O–H groups in total. The maximum Gasteiger partial charge on any atom is 0.261 e. The van der Waals surface area contributed by atoms with E-state index < -0.39 is 17.9 Å². The van der Waals surface area contributed by atoms with E-state index in [-0.39, 0.29) is 18.9 Å². The largest absolute Gasteiger partial charge is 0.491 e. The van der Waals surface area contributed by atoms with Crippen molar-refractivity contribution < 1.29 is 24.2 Å². The van der Waals surface area contributed by atoms with Crippen LogP contribution in [0.5, 0.6) is 5.75 Å². The van der Waals surface area contributed by atoms with Crippen LogP contribution in [0.15, 0.2) is 78.9 Å². The molecule has 6 nitrogen and oxygen atoms in total. The van der Waals surface area contributed by atoms with Gasteiger partial charge in [-0.3, -0.25) is 19.3 Å². The Balaban J connectivity index is 1.33. The molecule has 0 aliphatic carbocycles. The van der Waals surface area contributed by atoms with E-state index in [1.807, 2.05) is 6.07 Å². The highest BCUT2D eigenvalue weighted by Gasteiger charge is 2.36. The van der Waals surface area contributed by atoms with Gasteiger partial charge in [0.05, 0.1) is 17.7 Å². The Morgan fingerprint density at radius 2 is 1.33 bits per heavy atom. The molecule has 30 heavy (non-hydrogen) atoms. The first-order valence-electron chi connectivity index (χ1n) is 9.50. The van der Waals surface area contributed by atoms with Gasteiger partial charge in [-0.25, -0.2) is 0 Å². The van der Waals surface area contributed by atoms with Crippen molar-refractivity contribution in [1.82, 2.24) is 4.90 Å². The van der Waals surface area contributed by atoms with E-state index in [0.29, 0.717) is 28.0 Å². The summed E-state index contributed by atoms with van der Waals surface area (Å²) < 4.78 is 5.56. The Bertz CT molecular complexity index is 1060. The van der Waals surface area contributed by atoms with Crippen LogP contribution in [-0.2, 0) is 0 Å². The summed E-state index contributed by atoms with van der Waals surface area (Å²) in [6.07, 6.45) is -1.04. The molecule has 0 saturated heterocycles. The highest BCUT2D eigenvalue weighted by Crippen LogP contribution is 2.22. The number of aliphatic hydroxyl groups excluding tert-OH is 1. The molecule has 1 unspecified atom stereocenters. The zero-order valence-electron chi connectivity index (χ0n) is 16.0. The number of nitrogens with zero attached hydrogens (tertiary/aromatic N) is 1. The molecule has 0 saturated carbocycles. The van der Waals surface area contributed by atoms with Gasteiger partial charge in [0.15, 0.2) is 5.78 Å². The van der Waals surface area contributed by atoms with E-state index in [9.17, 15) is 19.5 Å². The highest BCUT2D eigenvalue weighted by atomic mass is 16.5. The third kappa shape index (κ3) is 3.86. The van der Waals surface area contributed by atoms with Crippen molar-refractivity contribution in [3.63, 3.8) is 0 Å². The highest BCUT2D eigenvalue weighted by molar-refractivity contribution is 6.21. The summed E-state index contributed by atoms with van der Waals surface area (Å²) in [6, 6.07) is 22.1. The van der Waals surface area contributed by atoms with Gasteiger partial charge in [-0.15, -0.1) is 0 Å². The van der Waals surface area contributed by atoms with E-state index in [1.54, 1.807) is 72.8 Å². The van der Waals surface area contributed by atoms with Crippen LogP contribution in [0, 0.1) is 0 Å². The number of hydrogen-bond acceptors (Lipinski definition) is 5. The van der Waals surface area contributed by atoms with Gasteiger partial charge >= 0.3 is 0 Å². The van der Waals surface area contributed by atoms with Crippen molar-refractivity contribution in [2.45, 2.75) is 6.10 Å². The molecule has 150 valence electrons. The monoisotopic (exact) mass is 401 g/mol. The second-order valence-corrected chi connectivity index (χ2v) is 6.95. The van der Waals surface area contributed by atoms with Crippen LogP contribution in [0.4, 0.5) is 0 Å². The molecule has 3 aromatic carbocycles. The van der Waals surface area contributed by atoms with Crippen molar-refractivity contribution >= 4 is 17.6 Å². The fourth-order valence-electron chi connectivity index (χ4n) is 3.32. The first-order valence-corrected chi connectivity index (χ1v) is 9.50. The molecule has 1 aliphatic rings. The average Bonchev–Trinajstić information content (AvgIpc) is 3.03. The average molecular weight is 401 g/mol. The Labute approximate surface area is 173 Å². The summed E-state index contributed by atoms with van der Waals surface area (Å²) in [6.45, 7) is -0.254. The number of rotatable bonds is 7.